The van der Waals surface area contributed by atoms with Crippen LogP contribution in [0.2, 0.25) is 0 Å². The molecule has 1 aliphatic rings. The van der Waals surface area contributed by atoms with Gasteiger partial charge in [-0.3, -0.25) is 0 Å². The number of H-pyrrole nitrogens is 1. The highest BCUT2D eigenvalue weighted by atomic mass is 31.2. The molecule has 0 unspecified atom stereocenters. The molecule has 3 atom stereocenters. The number of nitrogen functional groups attached to an aromatic ring is 1. The van der Waals surface area contributed by atoms with E-state index in [1.165, 1.54) is 6.33 Å². The molecule has 3 heterocycles. The third-order valence-electron chi connectivity index (χ3n) is 3.42. The summed E-state index contributed by atoms with van der Waals surface area (Å²) in [5.74, 6) is 0.0722. The minimum Gasteiger partial charge on any atom is -0.790 e. The van der Waals surface area contributed by atoms with Crippen LogP contribution in [0.15, 0.2) is 11.1 Å². The Hall–Kier alpha value is -1.82. The Morgan fingerprint density at radius 3 is 3.00 bits per heavy atom. The molecule has 1 aliphatic heterocycles. The van der Waals surface area contributed by atoms with Crippen molar-refractivity contribution in [2.75, 3.05) is 12.3 Å². The van der Waals surface area contributed by atoms with Gasteiger partial charge in [-0.1, -0.05) is 0 Å². The van der Waals surface area contributed by atoms with E-state index in [0.717, 1.165) is 4.57 Å². The van der Waals surface area contributed by atoms with E-state index in [1.54, 1.807) is 0 Å². The average molecular weight is 345 g/mol. The van der Waals surface area contributed by atoms with Crippen molar-refractivity contribution in [1.29, 1.82) is 0 Å². The highest BCUT2D eigenvalue weighted by Crippen LogP contribution is 2.33. The molecule has 2 aromatic heterocycles. The topological polar surface area (TPSA) is 191 Å². The molecule has 0 spiro atoms. The minimum atomic E-state index is -5.18. The van der Waals surface area contributed by atoms with E-state index >= 15 is 0 Å². The predicted molar refractivity (Wildman–Crippen MR) is 70.7 cm³/mol. The Labute approximate surface area is 128 Å². The van der Waals surface area contributed by atoms with E-state index in [9.17, 15) is 24.3 Å². The number of rotatable bonds is 4. The van der Waals surface area contributed by atoms with Gasteiger partial charge < -0.3 is 39.4 Å². The lowest BCUT2D eigenvalue weighted by Crippen LogP contribution is -2.29. The molecular formula is C10H12N5O7P-2. The van der Waals surface area contributed by atoms with Crippen LogP contribution in [-0.4, -0.2) is 43.4 Å². The minimum absolute atomic E-state index is 0.0210. The number of hydrogen-bond donors (Lipinski definition) is 3. The Balaban J connectivity index is 1.87. The maximum Gasteiger partial charge on any atom is 0.329 e. The van der Waals surface area contributed by atoms with Gasteiger partial charge in [0.15, 0.2) is 11.5 Å². The molecule has 1 fully saturated rings. The first-order chi connectivity index (χ1) is 10.8. The summed E-state index contributed by atoms with van der Waals surface area (Å²) in [6, 6.07) is 0. The number of nitrogens with two attached hydrogens (primary N) is 1. The summed E-state index contributed by atoms with van der Waals surface area (Å²) in [5, 5.41) is 9.89. The molecular weight excluding hydrogens is 333 g/mol. The fourth-order valence-corrected chi connectivity index (χ4v) is 2.74. The number of aromatic nitrogens is 4. The van der Waals surface area contributed by atoms with Crippen LogP contribution >= 0.6 is 7.82 Å². The van der Waals surface area contributed by atoms with Crippen molar-refractivity contribution >= 4 is 24.8 Å². The lowest BCUT2D eigenvalue weighted by molar-refractivity contribution is -0.343. The smallest absolute Gasteiger partial charge is 0.329 e. The lowest BCUT2D eigenvalue weighted by Gasteiger charge is -2.30. The van der Waals surface area contributed by atoms with Gasteiger partial charge in [0.2, 0.25) is 0 Å². The molecule has 0 radical (unpaired) electrons. The van der Waals surface area contributed by atoms with Gasteiger partial charge in [0.05, 0.1) is 20.5 Å². The molecule has 1 saturated heterocycles. The van der Waals surface area contributed by atoms with Gasteiger partial charge in [0.1, 0.15) is 24.2 Å². The third-order valence-corrected chi connectivity index (χ3v) is 3.89. The van der Waals surface area contributed by atoms with Crippen molar-refractivity contribution in [3.05, 3.63) is 16.8 Å². The summed E-state index contributed by atoms with van der Waals surface area (Å²) in [4.78, 5) is 43.2. The molecule has 2 aromatic rings. The number of fused-ring (bicyclic) bond motifs is 1. The zero-order chi connectivity index (χ0) is 16.8. The fraction of sp³-hybridized carbons (Fsp3) is 0.500. The Morgan fingerprint density at radius 2 is 2.30 bits per heavy atom. The van der Waals surface area contributed by atoms with Gasteiger partial charge in [-0.25, -0.2) is 19.3 Å². The van der Waals surface area contributed by atoms with E-state index < -0.39 is 38.6 Å². The number of hydrogen-bond acceptors (Lipinski definition) is 10. The summed E-state index contributed by atoms with van der Waals surface area (Å²) in [7, 11) is -5.18. The van der Waals surface area contributed by atoms with E-state index in [-0.39, 0.29) is 23.4 Å². The van der Waals surface area contributed by atoms with Gasteiger partial charge in [-0.05, 0) is 0 Å². The van der Waals surface area contributed by atoms with Crippen molar-refractivity contribution in [3.63, 3.8) is 0 Å². The number of aliphatic hydroxyl groups is 1. The van der Waals surface area contributed by atoms with Crippen LogP contribution in [-0.2, 0) is 13.8 Å². The third kappa shape index (κ3) is 3.13. The number of ether oxygens (including phenoxy) is 1. The second-order valence-electron chi connectivity index (χ2n) is 4.93. The van der Waals surface area contributed by atoms with E-state index in [2.05, 4.69) is 19.5 Å². The van der Waals surface area contributed by atoms with Gasteiger partial charge in [-0.15, -0.1) is 0 Å². The van der Waals surface area contributed by atoms with Crippen LogP contribution < -0.4 is 21.2 Å². The number of phosphoric ester groups is 1. The summed E-state index contributed by atoms with van der Waals surface area (Å²) < 4.78 is 21.1. The lowest BCUT2D eigenvalue weighted by atomic mass is 10.2. The predicted octanol–water partition coefficient (Wildman–Crippen LogP) is -2.80. The highest BCUT2D eigenvalue weighted by molar-refractivity contribution is 7.43. The Bertz CT molecular complexity index is 829. The van der Waals surface area contributed by atoms with Gasteiger partial charge in [0.25, 0.3) is 0 Å². The molecule has 0 saturated carbocycles. The molecule has 0 aromatic carbocycles. The zero-order valence-corrected chi connectivity index (χ0v) is 12.4. The van der Waals surface area contributed by atoms with E-state index in [0.29, 0.717) is 0 Å². The molecule has 0 bridgehead atoms. The number of nitrogens with one attached hydrogen (secondary N) is 1. The van der Waals surface area contributed by atoms with Crippen molar-refractivity contribution < 1.29 is 28.7 Å². The van der Waals surface area contributed by atoms with E-state index in [1.807, 2.05) is 0 Å². The van der Waals surface area contributed by atoms with Crippen LogP contribution in [0.4, 0.5) is 5.82 Å². The largest absolute Gasteiger partial charge is 0.790 e. The molecule has 3 rings (SSSR count). The molecule has 4 N–H and O–H groups in total. The average Bonchev–Trinajstić information content (AvgIpc) is 2.96. The number of imidazole rings is 1. The first-order valence-electron chi connectivity index (χ1n) is 6.47. The number of nitrogens with zero attached hydrogens (tertiary/aromatic N) is 3. The summed E-state index contributed by atoms with van der Waals surface area (Å²) in [5.41, 5.74) is 5.46. The fourth-order valence-electron chi connectivity index (χ4n) is 2.41. The van der Waals surface area contributed by atoms with Crippen LogP contribution in [0.3, 0.4) is 0 Å². The summed E-state index contributed by atoms with van der Waals surface area (Å²) in [6.45, 7) is -0.643. The second kappa shape index (κ2) is 5.67. The molecule has 0 amide bonds. The molecule has 23 heavy (non-hydrogen) atoms. The van der Waals surface area contributed by atoms with Gasteiger partial charge >= 0.3 is 5.69 Å². The zero-order valence-electron chi connectivity index (χ0n) is 11.5. The monoisotopic (exact) mass is 345 g/mol. The van der Waals surface area contributed by atoms with Crippen molar-refractivity contribution in [3.8, 4) is 0 Å². The molecule has 126 valence electrons. The van der Waals surface area contributed by atoms with Crippen molar-refractivity contribution in [2.45, 2.75) is 24.9 Å². The number of aliphatic hydroxyl groups excluding tert-OH is 1. The first-order valence-corrected chi connectivity index (χ1v) is 7.93. The normalized spacial score (nSPS) is 25.3. The number of phosphoric acid groups is 1. The van der Waals surface area contributed by atoms with Crippen LogP contribution in [0, 0.1) is 0 Å². The van der Waals surface area contributed by atoms with Crippen LogP contribution in [0.5, 0.6) is 0 Å². The van der Waals surface area contributed by atoms with Crippen LogP contribution in [0.25, 0.3) is 11.2 Å². The van der Waals surface area contributed by atoms with Crippen molar-refractivity contribution in [2.24, 2.45) is 0 Å². The van der Waals surface area contributed by atoms with Gasteiger partial charge in [-0.2, -0.15) is 0 Å². The molecule has 13 heteroatoms. The van der Waals surface area contributed by atoms with Crippen LogP contribution in [0.1, 0.15) is 12.6 Å². The maximum absolute atomic E-state index is 12.1. The molecule has 0 aliphatic carbocycles. The number of aromatic amines is 1. The summed E-state index contributed by atoms with van der Waals surface area (Å²) in [6.07, 6.45) is -1.98. The van der Waals surface area contributed by atoms with Gasteiger partial charge in [0, 0.05) is 6.42 Å². The quantitative estimate of drug-likeness (QED) is 0.487. The standard InChI is InChI=1S/C10H14N5O7P/c11-8-7-9(13-3-12-8)15(10(17)14-7)6-1-4(16)5(22-6)2-21-23(18,19)20/h3-6,16H,1-2H2,(H,14,17)(H2,11,12,13)(H2,18,19,20)/p-2/t4-,5+,6+/m0/s1. The van der Waals surface area contributed by atoms with E-state index in [4.69, 9.17) is 10.5 Å². The SMILES string of the molecule is Nc1ncnc2c1[nH]c(=O)n2[C@H]1C[C@H](O)[C@@H](COP(=O)([O-])[O-])O1. The number of anilines is 1. The highest BCUT2D eigenvalue weighted by Gasteiger charge is 2.37. The first kappa shape index (κ1) is 16.1. The van der Waals surface area contributed by atoms with Crippen molar-refractivity contribution in [1.82, 2.24) is 19.5 Å². The Kier molecular flexibility index (Phi) is 3.96. The Morgan fingerprint density at radius 1 is 1.57 bits per heavy atom. The maximum atomic E-state index is 12.1. The summed E-state index contributed by atoms with van der Waals surface area (Å²) >= 11 is 0. The molecule has 12 nitrogen and oxygen atoms in total. The second-order valence-corrected chi connectivity index (χ2v) is 6.09.